The van der Waals surface area contributed by atoms with Crippen LogP contribution in [-0.2, 0) is 19.1 Å². The van der Waals surface area contributed by atoms with E-state index in [-0.39, 0.29) is 37.1 Å². The molecule has 3 aliphatic rings. The Kier molecular flexibility index (Phi) is 13.1. The first-order valence-electron chi connectivity index (χ1n) is 19.7. The summed E-state index contributed by atoms with van der Waals surface area (Å²) in [5.41, 5.74) is -0.548. The number of alkyl halides is 6. The molecule has 0 saturated heterocycles. The van der Waals surface area contributed by atoms with Crippen molar-refractivity contribution in [1.29, 1.82) is 0 Å². The number of aliphatic hydroxyl groups excluding tert-OH is 1. The number of carbonyl (C=O) groups is 2. The van der Waals surface area contributed by atoms with Crippen LogP contribution in [0.15, 0.2) is 103 Å². The molecular weight excluding hydrogens is 791 g/mol. The van der Waals surface area contributed by atoms with E-state index in [1.807, 2.05) is 13.8 Å². The molecule has 3 N–H and O–H groups in total. The SMILES string of the molecule is COc1ccc(NC(=O)N(Cc2ccc(OC(F)(F)F)cc2)C[C@]2(O)CC[C@H]3c4ccc(cc4C(=O)c4cccc(C(F)(F)F)c4)C[C@@H](O)CCC(C)=CCC[C@@]32C)cc1. The maximum atomic E-state index is 14.4. The summed E-state index contributed by atoms with van der Waals surface area (Å²) in [5, 5.41) is 26.8. The number of ether oxygens (including phenoxy) is 2. The largest absolute Gasteiger partial charge is 0.573 e. The summed E-state index contributed by atoms with van der Waals surface area (Å²) >= 11 is 0. The van der Waals surface area contributed by atoms with Gasteiger partial charge in [0.1, 0.15) is 11.5 Å². The first-order chi connectivity index (χ1) is 28.3. The van der Waals surface area contributed by atoms with Gasteiger partial charge < -0.3 is 29.9 Å². The number of benzene rings is 4. The Balaban J connectivity index is 1.41. The molecule has 2 bridgehead atoms. The van der Waals surface area contributed by atoms with Gasteiger partial charge >= 0.3 is 18.6 Å². The number of aliphatic hydroxyl groups is 2. The van der Waals surface area contributed by atoms with E-state index < -0.39 is 58.7 Å². The molecular formula is C46H48F6N2O6. The number of hydrogen-bond donors (Lipinski definition) is 3. The average Bonchev–Trinajstić information content (AvgIpc) is 3.45. The van der Waals surface area contributed by atoms with Gasteiger partial charge in [0, 0.05) is 28.8 Å². The minimum atomic E-state index is -4.90. The normalized spacial score (nSPS) is 22.3. The predicted octanol–water partition coefficient (Wildman–Crippen LogP) is 10.6. The van der Waals surface area contributed by atoms with Crippen LogP contribution in [0.1, 0.15) is 96.5 Å². The maximum Gasteiger partial charge on any atom is 0.573 e. The number of halogens is 6. The number of ketones is 1. The molecule has 1 fully saturated rings. The number of anilines is 1. The number of fused-ring (bicyclic) bond motifs is 8. The lowest BCUT2D eigenvalue weighted by Crippen LogP contribution is -2.54. The second kappa shape index (κ2) is 17.7. The van der Waals surface area contributed by atoms with Gasteiger partial charge in [0.05, 0.1) is 30.9 Å². The van der Waals surface area contributed by atoms with Crippen LogP contribution in [0, 0.1) is 5.41 Å². The average molecular weight is 839 g/mol. The van der Waals surface area contributed by atoms with Crippen LogP contribution in [0.3, 0.4) is 0 Å². The van der Waals surface area contributed by atoms with Gasteiger partial charge in [0.15, 0.2) is 5.78 Å². The van der Waals surface area contributed by atoms with Gasteiger partial charge in [-0.2, -0.15) is 13.2 Å². The highest BCUT2D eigenvalue weighted by molar-refractivity contribution is 6.10. The van der Waals surface area contributed by atoms with Crippen molar-refractivity contribution in [3.8, 4) is 11.5 Å². The highest BCUT2D eigenvalue weighted by Crippen LogP contribution is 2.59. The summed E-state index contributed by atoms with van der Waals surface area (Å²) in [6, 6.07) is 20.5. The highest BCUT2D eigenvalue weighted by atomic mass is 19.4. The van der Waals surface area contributed by atoms with Gasteiger partial charge in [-0.05, 0) is 129 Å². The zero-order chi connectivity index (χ0) is 43.5. The predicted molar refractivity (Wildman–Crippen MR) is 214 cm³/mol. The number of rotatable bonds is 9. The van der Waals surface area contributed by atoms with Crippen LogP contribution >= 0.6 is 0 Å². The van der Waals surface area contributed by atoms with E-state index in [9.17, 15) is 46.1 Å². The molecule has 320 valence electrons. The van der Waals surface area contributed by atoms with Crippen molar-refractivity contribution in [3.63, 3.8) is 0 Å². The third kappa shape index (κ3) is 10.3. The van der Waals surface area contributed by atoms with Crippen LogP contribution in [0.5, 0.6) is 11.5 Å². The first-order valence-corrected chi connectivity index (χ1v) is 19.7. The van der Waals surface area contributed by atoms with E-state index in [1.165, 1.54) is 36.3 Å². The molecule has 2 amide bonds. The Bertz CT molecular complexity index is 2190. The van der Waals surface area contributed by atoms with E-state index >= 15 is 0 Å². The van der Waals surface area contributed by atoms with Crippen molar-refractivity contribution in [1.82, 2.24) is 4.90 Å². The van der Waals surface area contributed by atoms with Gasteiger partial charge in [-0.1, -0.05) is 55.0 Å². The van der Waals surface area contributed by atoms with Crippen molar-refractivity contribution in [2.24, 2.45) is 5.41 Å². The standard InChI is InChI=1S/C46H48F6N2O6/c1-29-6-5-22-43(2)40(38-20-12-31(24-35(55)15-9-29)25-39(38)41(56)32-7-4-8-33(26-32)45(47,48)49)21-23-44(43,58)28-54(42(57)53-34-13-18-36(59-3)19-14-34)27-30-10-16-37(17-11-30)60-46(50,51)52/h4,6-8,10-14,16-20,25-26,35,40,55,58H,5,9,15,21-24,27-28H2,1-3H3,(H,53,57)/t35-,40-,43-,44+/m0/s1. The molecule has 1 saturated carbocycles. The number of amides is 2. The minimum Gasteiger partial charge on any atom is -0.497 e. The van der Waals surface area contributed by atoms with Crippen molar-refractivity contribution in [2.75, 3.05) is 19.0 Å². The van der Waals surface area contributed by atoms with E-state index in [4.69, 9.17) is 4.74 Å². The van der Waals surface area contributed by atoms with Crippen LogP contribution in [0.2, 0.25) is 0 Å². The highest BCUT2D eigenvalue weighted by Gasteiger charge is 2.57. The van der Waals surface area contributed by atoms with Gasteiger partial charge in [-0.25, -0.2) is 4.79 Å². The zero-order valence-electron chi connectivity index (χ0n) is 33.5. The van der Waals surface area contributed by atoms with E-state index in [0.717, 1.165) is 29.8 Å². The van der Waals surface area contributed by atoms with Crippen molar-refractivity contribution in [2.45, 2.75) is 95.5 Å². The first kappa shape index (κ1) is 44.2. The number of hydrogen-bond acceptors (Lipinski definition) is 6. The number of nitrogens with zero attached hydrogens (tertiary/aromatic N) is 1. The smallest absolute Gasteiger partial charge is 0.497 e. The number of nitrogens with one attached hydrogen (secondary N) is 1. The van der Waals surface area contributed by atoms with Gasteiger partial charge in [-0.15, -0.1) is 13.2 Å². The minimum absolute atomic E-state index is 0.118. The molecule has 4 aromatic carbocycles. The van der Waals surface area contributed by atoms with Crippen LogP contribution in [0.25, 0.3) is 0 Å². The number of carbonyl (C=O) groups excluding carboxylic acids is 2. The molecule has 7 rings (SSSR count). The molecule has 60 heavy (non-hydrogen) atoms. The molecule has 3 aliphatic carbocycles. The molecule has 0 heterocycles. The third-order valence-corrected chi connectivity index (χ3v) is 12.0. The van der Waals surface area contributed by atoms with Crippen molar-refractivity contribution < 1.29 is 55.6 Å². The molecule has 14 heteroatoms. The van der Waals surface area contributed by atoms with Crippen LogP contribution in [-0.4, -0.2) is 58.6 Å². The van der Waals surface area contributed by atoms with Crippen LogP contribution < -0.4 is 14.8 Å². The fourth-order valence-electron chi connectivity index (χ4n) is 8.60. The molecule has 0 aliphatic heterocycles. The second-order valence-corrected chi connectivity index (χ2v) is 16.1. The fourth-order valence-corrected chi connectivity index (χ4v) is 8.60. The Morgan fingerprint density at radius 1 is 0.900 bits per heavy atom. The molecule has 0 spiro atoms. The Morgan fingerprint density at radius 3 is 2.27 bits per heavy atom. The fraction of sp³-hybridized carbons (Fsp3) is 0.391. The monoisotopic (exact) mass is 838 g/mol. The van der Waals surface area contributed by atoms with Gasteiger partial charge in [0.2, 0.25) is 0 Å². The van der Waals surface area contributed by atoms with Crippen molar-refractivity contribution >= 4 is 17.5 Å². The third-order valence-electron chi connectivity index (χ3n) is 12.0. The number of urea groups is 1. The van der Waals surface area contributed by atoms with E-state index in [2.05, 4.69) is 16.1 Å². The Labute approximate surface area is 344 Å². The topological polar surface area (TPSA) is 108 Å². The van der Waals surface area contributed by atoms with Gasteiger partial charge in [0.25, 0.3) is 0 Å². The Hall–Kier alpha value is -5.34. The lowest BCUT2D eigenvalue weighted by Gasteiger charge is -2.46. The number of allylic oxidation sites excluding steroid dienone is 2. The van der Waals surface area contributed by atoms with E-state index in [1.54, 1.807) is 42.5 Å². The molecule has 4 atom stereocenters. The molecule has 0 aromatic heterocycles. The molecule has 4 aromatic rings. The zero-order valence-corrected chi connectivity index (χ0v) is 33.5. The van der Waals surface area contributed by atoms with Crippen molar-refractivity contribution in [3.05, 3.63) is 136 Å². The molecule has 0 unspecified atom stereocenters. The summed E-state index contributed by atoms with van der Waals surface area (Å²) in [7, 11) is 1.50. The second-order valence-electron chi connectivity index (χ2n) is 16.1. The lowest BCUT2D eigenvalue weighted by molar-refractivity contribution is -0.274. The summed E-state index contributed by atoms with van der Waals surface area (Å²) in [6.45, 7) is 3.52. The lowest BCUT2D eigenvalue weighted by atomic mass is 9.64. The Morgan fingerprint density at radius 2 is 1.60 bits per heavy atom. The number of methoxy groups -OCH3 is 1. The maximum absolute atomic E-state index is 14.4. The van der Waals surface area contributed by atoms with Crippen LogP contribution in [0.4, 0.5) is 36.8 Å². The van der Waals surface area contributed by atoms with E-state index in [0.29, 0.717) is 60.2 Å². The summed E-state index contributed by atoms with van der Waals surface area (Å²) < 4.78 is 89.5. The molecule has 8 nitrogen and oxygen atoms in total. The molecule has 0 radical (unpaired) electrons. The summed E-state index contributed by atoms with van der Waals surface area (Å²) in [5.74, 6) is -1.04. The summed E-state index contributed by atoms with van der Waals surface area (Å²) in [6.07, 6.45) is -5.65. The summed E-state index contributed by atoms with van der Waals surface area (Å²) in [4.78, 5) is 30.0. The van der Waals surface area contributed by atoms with Gasteiger partial charge in [-0.3, -0.25) is 4.79 Å². The quantitative estimate of drug-likeness (QED) is 0.0880.